The molecule has 2 rings (SSSR count). The first-order chi connectivity index (χ1) is 9.63. The number of piperazine rings is 1. The van der Waals surface area contributed by atoms with Gasteiger partial charge in [0.25, 0.3) is 0 Å². The fourth-order valence-corrected chi connectivity index (χ4v) is 2.82. The zero-order valence-electron chi connectivity index (χ0n) is 11.6. The van der Waals surface area contributed by atoms with Gasteiger partial charge in [-0.3, -0.25) is 14.5 Å². The predicted octanol–water partition coefficient (Wildman–Crippen LogP) is 1.41. The van der Waals surface area contributed by atoms with Crippen LogP contribution in [-0.2, 0) is 9.59 Å². The summed E-state index contributed by atoms with van der Waals surface area (Å²) in [6, 6.07) is 9.42. The molecule has 1 aliphatic heterocycles. The first-order valence-electron chi connectivity index (χ1n) is 6.93. The molecule has 0 saturated carbocycles. The molecule has 1 saturated heterocycles. The van der Waals surface area contributed by atoms with Crippen molar-refractivity contribution in [1.82, 2.24) is 10.2 Å². The lowest BCUT2D eigenvalue weighted by Crippen LogP contribution is -2.56. The molecule has 1 aromatic rings. The molecular formula is C15H20N2O3. The molecule has 0 aromatic heterocycles. The van der Waals surface area contributed by atoms with Crippen molar-refractivity contribution in [3.8, 4) is 0 Å². The molecule has 20 heavy (non-hydrogen) atoms. The lowest BCUT2D eigenvalue weighted by molar-refractivity contribution is -0.144. The van der Waals surface area contributed by atoms with Gasteiger partial charge in [0.05, 0.1) is 6.42 Å². The Morgan fingerprint density at radius 2 is 2.15 bits per heavy atom. The Kier molecular flexibility index (Phi) is 4.74. The van der Waals surface area contributed by atoms with Crippen LogP contribution >= 0.6 is 0 Å². The van der Waals surface area contributed by atoms with E-state index in [4.69, 9.17) is 5.11 Å². The summed E-state index contributed by atoms with van der Waals surface area (Å²) in [7, 11) is 0. The molecule has 0 bridgehead atoms. The van der Waals surface area contributed by atoms with E-state index in [1.807, 2.05) is 35.2 Å². The molecule has 1 amide bonds. The van der Waals surface area contributed by atoms with E-state index < -0.39 is 12.0 Å². The van der Waals surface area contributed by atoms with Crippen molar-refractivity contribution < 1.29 is 14.7 Å². The molecule has 108 valence electrons. The summed E-state index contributed by atoms with van der Waals surface area (Å²) in [6.07, 6.45) is 0.683. The third kappa shape index (κ3) is 3.17. The van der Waals surface area contributed by atoms with Crippen LogP contribution in [0.4, 0.5) is 0 Å². The number of benzene rings is 1. The third-order valence-electron chi connectivity index (χ3n) is 3.71. The predicted molar refractivity (Wildman–Crippen MR) is 75.2 cm³/mol. The maximum Gasteiger partial charge on any atom is 0.305 e. The molecule has 1 aliphatic rings. The number of carboxylic acids is 1. The average Bonchev–Trinajstić information content (AvgIpc) is 2.44. The second-order valence-corrected chi connectivity index (χ2v) is 4.98. The van der Waals surface area contributed by atoms with Crippen LogP contribution in [0.2, 0.25) is 0 Å². The SMILES string of the molecule is CCC(c1ccccc1)N1CCNC(=O)C1CC(=O)O. The minimum Gasteiger partial charge on any atom is -0.481 e. The van der Waals surface area contributed by atoms with E-state index in [2.05, 4.69) is 12.2 Å². The minimum absolute atomic E-state index is 0.0756. The van der Waals surface area contributed by atoms with Crippen LogP contribution in [0.3, 0.4) is 0 Å². The van der Waals surface area contributed by atoms with Crippen LogP contribution in [0.15, 0.2) is 30.3 Å². The third-order valence-corrected chi connectivity index (χ3v) is 3.71. The number of nitrogens with zero attached hydrogens (tertiary/aromatic N) is 1. The van der Waals surface area contributed by atoms with Gasteiger partial charge in [-0.1, -0.05) is 37.3 Å². The van der Waals surface area contributed by atoms with Crippen molar-refractivity contribution in [1.29, 1.82) is 0 Å². The number of carboxylic acid groups (broad SMARTS) is 1. The van der Waals surface area contributed by atoms with Gasteiger partial charge in [0.2, 0.25) is 5.91 Å². The number of nitrogens with one attached hydrogen (secondary N) is 1. The standard InChI is InChI=1S/C15H20N2O3/c1-2-12(11-6-4-3-5-7-11)17-9-8-16-15(20)13(17)10-14(18)19/h3-7,12-13H,2,8-10H2,1H3,(H,16,20)(H,18,19). The Bertz CT molecular complexity index is 475. The van der Waals surface area contributed by atoms with Crippen LogP contribution in [0.25, 0.3) is 0 Å². The van der Waals surface area contributed by atoms with Crippen molar-refractivity contribution in [3.63, 3.8) is 0 Å². The summed E-state index contributed by atoms with van der Waals surface area (Å²) >= 11 is 0. The second-order valence-electron chi connectivity index (χ2n) is 4.98. The maximum absolute atomic E-state index is 12.0. The van der Waals surface area contributed by atoms with Gasteiger partial charge < -0.3 is 10.4 Å². The van der Waals surface area contributed by atoms with Crippen LogP contribution < -0.4 is 5.32 Å². The Balaban J connectivity index is 2.25. The Morgan fingerprint density at radius 1 is 1.45 bits per heavy atom. The van der Waals surface area contributed by atoms with Gasteiger partial charge in [-0.05, 0) is 12.0 Å². The zero-order valence-corrected chi connectivity index (χ0v) is 11.6. The van der Waals surface area contributed by atoms with Crippen molar-refractivity contribution in [2.45, 2.75) is 31.8 Å². The molecule has 0 spiro atoms. The quantitative estimate of drug-likeness (QED) is 0.853. The van der Waals surface area contributed by atoms with Gasteiger partial charge in [0, 0.05) is 19.1 Å². The van der Waals surface area contributed by atoms with Crippen LogP contribution in [0, 0.1) is 0 Å². The fourth-order valence-electron chi connectivity index (χ4n) is 2.82. The number of carbonyl (C=O) groups excluding carboxylic acids is 1. The van der Waals surface area contributed by atoms with Gasteiger partial charge in [-0.15, -0.1) is 0 Å². The number of carbonyl (C=O) groups is 2. The summed E-state index contributed by atoms with van der Waals surface area (Å²) in [6.45, 7) is 3.30. The number of hydrogen-bond donors (Lipinski definition) is 2. The van der Waals surface area contributed by atoms with Gasteiger partial charge in [0.1, 0.15) is 6.04 Å². The smallest absolute Gasteiger partial charge is 0.305 e. The first-order valence-corrected chi connectivity index (χ1v) is 6.93. The Labute approximate surface area is 118 Å². The van der Waals surface area contributed by atoms with Crippen molar-refractivity contribution in [3.05, 3.63) is 35.9 Å². The zero-order chi connectivity index (χ0) is 14.5. The molecular weight excluding hydrogens is 256 g/mol. The second kappa shape index (κ2) is 6.52. The van der Waals surface area contributed by atoms with E-state index in [9.17, 15) is 9.59 Å². The van der Waals surface area contributed by atoms with E-state index >= 15 is 0 Å². The van der Waals surface area contributed by atoms with E-state index in [-0.39, 0.29) is 18.4 Å². The number of hydrogen-bond acceptors (Lipinski definition) is 3. The molecule has 5 heteroatoms. The molecule has 2 N–H and O–H groups in total. The maximum atomic E-state index is 12.0. The minimum atomic E-state index is -0.944. The summed E-state index contributed by atoms with van der Waals surface area (Å²) in [5, 5.41) is 11.8. The summed E-state index contributed by atoms with van der Waals surface area (Å²) < 4.78 is 0. The van der Waals surface area contributed by atoms with Gasteiger partial charge >= 0.3 is 5.97 Å². The molecule has 1 aromatic carbocycles. The van der Waals surface area contributed by atoms with E-state index in [1.54, 1.807) is 0 Å². The first kappa shape index (κ1) is 14.5. The van der Waals surface area contributed by atoms with Crippen molar-refractivity contribution in [2.75, 3.05) is 13.1 Å². The number of amides is 1. The van der Waals surface area contributed by atoms with Gasteiger partial charge in [-0.25, -0.2) is 0 Å². The van der Waals surface area contributed by atoms with Crippen molar-refractivity contribution in [2.24, 2.45) is 0 Å². The van der Waals surface area contributed by atoms with Gasteiger partial charge in [0.15, 0.2) is 0 Å². The summed E-state index contributed by atoms with van der Waals surface area (Å²) in [4.78, 5) is 25.0. The molecule has 5 nitrogen and oxygen atoms in total. The highest BCUT2D eigenvalue weighted by atomic mass is 16.4. The molecule has 2 unspecified atom stereocenters. The molecule has 1 heterocycles. The highest BCUT2D eigenvalue weighted by molar-refractivity contribution is 5.86. The number of rotatable bonds is 5. The van der Waals surface area contributed by atoms with E-state index in [0.717, 1.165) is 12.0 Å². The monoisotopic (exact) mass is 276 g/mol. The Hall–Kier alpha value is -1.88. The molecule has 1 fully saturated rings. The molecule has 0 radical (unpaired) electrons. The van der Waals surface area contributed by atoms with E-state index in [0.29, 0.717) is 13.1 Å². The van der Waals surface area contributed by atoms with Gasteiger partial charge in [-0.2, -0.15) is 0 Å². The average molecular weight is 276 g/mol. The highest BCUT2D eigenvalue weighted by Gasteiger charge is 2.35. The normalized spacial score (nSPS) is 21.2. The fraction of sp³-hybridized carbons (Fsp3) is 0.467. The highest BCUT2D eigenvalue weighted by Crippen LogP contribution is 2.28. The Morgan fingerprint density at radius 3 is 2.75 bits per heavy atom. The summed E-state index contributed by atoms with van der Waals surface area (Å²) in [5.74, 6) is -1.13. The van der Waals surface area contributed by atoms with Crippen molar-refractivity contribution >= 4 is 11.9 Å². The van der Waals surface area contributed by atoms with Crippen LogP contribution in [0.1, 0.15) is 31.4 Å². The molecule has 2 atom stereocenters. The van der Waals surface area contributed by atoms with Crippen LogP contribution in [0.5, 0.6) is 0 Å². The number of aliphatic carboxylic acids is 1. The molecule has 0 aliphatic carbocycles. The lowest BCUT2D eigenvalue weighted by atomic mass is 9.98. The topological polar surface area (TPSA) is 69.6 Å². The van der Waals surface area contributed by atoms with E-state index in [1.165, 1.54) is 0 Å². The largest absolute Gasteiger partial charge is 0.481 e. The lowest BCUT2D eigenvalue weighted by Gasteiger charge is -2.39. The summed E-state index contributed by atoms with van der Waals surface area (Å²) in [5.41, 5.74) is 1.13. The van der Waals surface area contributed by atoms with Crippen LogP contribution in [-0.4, -0.2) is 41.0 Å².